The van der Waals surface area contributed by atoms with Crippen LogP contribution >= 0.6 is 12.4 Å². The third-order valence-electron chi connectivity index (χ3n) is 2.39. The molecule has 0 saturated carbocycles. The molecule has 0 amide bonds. The molecule has 102 valence electrons. The van der Waals surface area contributed by atoms with Gasteiger partial charge < -0.3 is 10.5 Å². The van der Waals surface area contributed by atoms with Crippen LogP contribution in [0.25, 0.3) is 0 Å². The first-order valence-corrected chi connectivity index (χ1v) is 5.01. The summed E-state index contributed by atoms with van der Waals surface area (Å²) in [5, 5.41) is 0. The van der Waals surface area contributed by atoms with Gasteiger partial charge in [-0.1, -0.05) is 12.1 Å². The SMILES string of the molecule is C=CC[C@@H](N)c1ccc(OC)cc1C(F)(F)F.Cl. The second kappa shape index (κ2) is 6.66. The van der Waals surface area contributed by atoms with Gasteiger partial charge in [0.05, 0.1) is 12.7 Å². The largest absolute Gasteiger partial charge is 0.497 e. The minimum absolute atomic E-state index is 0. The van der Waals surface area contributed by atoms with Gasteiger partial charge in [-0.2, -0.15) is 13.2 Å². The third-order valence-corrected chi connectivity index (χ3v) is 2.39. The van der Waals surface area contributed by atoms with Crippen molar-refractivity contribution in [3.05, 3.63) is 42.0 Å². The van der Waals surface area contributed by atoms with Crippen molar-refractivity contribution in [3.8, 4) is 5.75 Å². The fraction of sp³-hybridized carbons (Fsp3) is 0.333. The van der Waals surface area contributed by atoms with Crippen LogP contribution in [0.5, 0.6) is 5.75 Å². The van der Waals surface area contributed by atoms with E-state index < -0.39 is 17.8 Å². The lowest BCUT2D eigenvalue weighted by atomic mass is 9.98. The molecule has 0 aromatic heterocycles. The zero-order valence-electron chi connectivity index (χ0n) is 9.83. The first kappa shape index (κ1) is 16.8. The quantitative estimate of drug-likeness (QED) is 0.854. The maximum atomic E-state index is 12.8. The Labute approximate surface area is 110 Å². The topological polar surface area (TPSA) is 35.2 Å². The van der Waals surface area contributed by atoms with Gasteiger partial charge in [0.15, 0.2) is 0 Å². The van der Waals surface area contributed by atoms with E-state index in [-0.39, 0.29) is 30.1 Å². The van der Waals surface area contributed by atoms with Crippen LogP contribution in [0.3, 0.4) is 0 Å². The number of alkyl halides is 3. The Morgan fingerprint density at radius 3 is 2.50 bits per heavy atom. The lowest BCUT2D eigenvalue weighted by Crippen LogP contribution is -2.17. The van der Waals surface area contributed by atoms with Crippen LogP contribution in [0, 0.1) is 0 Å². The Hall–Kier alpha value is -1.20. The third kappa shape index (κ3) is 3.92. The number of nitrogens with two attached hydrogens (primary N) is 1. The Morgan fingerprint density at radius 1 is 1.44 bits per heavy atom. The lowest BCUT2D eigenvalue weighted by Gasteiger charge is -2.18. The average Bonchev–Trinajstić information content (AvgIpc) is 2.27. The molecule has 1 aromatic carbocycles. The number of hydrogen-bond acceptors (Lipinski definition) is 2. The summed E-state index contributed by atoms with van der Waals surface area (Å²) in [4.78, 5) is 0. The van der Waals surface area contributed by atoms with Gasteiger partial charge in [-0.15, -0.1) is 19.0 Å². The van der Waals surface area contributed by atoms with E-state index in [9.17, 15) is 13.2 Å². The van der Waals surface area contributed by atoms with Crippen molar-refractivity contribution in [3.63, 3.8) is 0 Å². The highest BCUT2D eigenvalue weighted by atomic mass is 35.5. The van der Waals surface area contributed by atoms with Crippen molar-refractivity contribution in [2.45, 2.75) is 18.6 Å². The zero-order valence-corrected chi connectivity index (χ0v) is 10.6. The minimum Gasteiger partial charge on any atom is -0.497 e. The summed E-state index contributed by atoms with van der Waals surface area (Å²) in [6, 6.07) is 3.05. The molecule has 0 radical (unpaired) electrons. The summed E-state index contributed by atoms with van der Waals surface area (Å²) in [6.45, 7) is 3.47. The number of methoxy groups -OCH3 is 1. The van der Waals surface area contributed by atoms with Gasteiger partial charge in [0, 0.05) is 6.04 Å². The molecule has 1 atom stereocenters. The molecule has 0 aliphatic carbocycles. The number of halogens is 4. The fourth-order valence-electron chi connectivity index (χ4n) is 1.54. The Kier molecular flexibility index (Phi) is 6.21. The van der Waals surface area contributed by atoms with Crippen LogP contribution in [0.2, 0.25) is 0 Å². The highest BCUT2D eigenvalue weighted by molar-refractivity contribution is 5.85. The van der Waals surface area contributed by atoms with Gasteiger partial charge >= 0.3 is 6.18 Å². The van der Waals surface area contributed by atoms with Crippen LogP contribution < -0.4 is 10.5 Å². The molecule has 0 heterocycles. The second-order valence-corrected chi connectivity index (χ2v) is 3.58. The van der Waals surface area contributed by atoms with Gasteiger partial charge in [-0.25, -0.2) is 0 Å². The molecule has 0 aliphatic heterocycles. The molecule has 0 spiro atoms. The number of ether oxygens (including phenoxy) is 1. The zero-order chi connectivity index (χ0) is 13.1. The van der Waals surface area contributed by atoms with E-state index in [4.69, 9.17) is 10.5 Å². The number of hydrogen-bond donors (Lipinski definition) is 1. The van der Waals surface area contributed by atoms with Crippen molar-refractivity contribution in [2.24, 2.45) is 5.73 Å². The van der Waals surface area contributed by atoms with Crippen LogP contribution in [0.1, 0.15) is 23.6 Å². The summed E-state index contributed by atoms with van der Waals surface area (Å²) in [7, 11) is 1.32. The van der Waals surface area contributed by atoms with Gasteiger partial charge in [-0.3, -0.25) is 0 Å². The fourth-order valence-corrected chi connectivity index (χ4v) is 1.54. The van der Waals surface area contributed by atoms with Crippen LogP contribution in [-0.4, -0.2) is 7.11 Å². The lowest BCUT2D eigenvalue weighted by molar-refractivity contribution is -0.138. The normalized spacial score (nSPS) is 12.5. The predicted octanol–water partition coefficient (Wildman–Crippen LogP) is 3.71. The molecule has 6 heteroatoms. The molecule has 0 unspecified atom stereocenters. The van der Waals surface area contributed by atoms with Crippen LogP contribution in [0.15, 0.2) is 30.9 Å². The molecule has 2 N–H and O–H groups in total. The predicted molar refractivity (Wildman–Crippen MR) is 67.0 cm³/mol. The summed E-state index contributed by atoms with van der Waals surface area (Å²) < 4.78 is 43.3. The molecule has 0 aliphatic rings. The summed E-state index contributed by atoms with van der Waals surface area (Å²) in [6.07, 6.45) is -2.66. The highest BCUT2D eigenvalue weighted by Gasteiger charge is 2.34. The monoisotopic (exact) mass is 281 g/mol. The molecule has 2 nitrogen and oxygen atoms in total. The average molecular weight is 282 g/mol. The van der Waals surface area contributed by atoms with E-state index in [1.54, 1.807) is 0 Å². The summed E-state index contributed by atoms with van der Waals surface area (Å²) in [5.74, 6) is 0.159. The van der Waals surface area contributed by atoms with Gasteiger partial charge in [0.25, 0.3) is 0 Å². The smallest absolute Gasteiger partial charge is 0.416 e. The molecule has 18 heavy (non-hydrogen) atoms. The van der Waals surface area contributed by atoms with Crippen LogP contribution in [0.4, 0.5) is 13.2 Å². The maximum Gasteiger partial charge on any atom is 0.416 e. The van der Waals surface area contributed by atoms with Gasteiger partial charge in [0.2, 0.25) is 0 Å². The Balaban J connectivity index is 0.00000289. The van der Waals surface area contributed by atoms with Gasteiger partial charge in [0.1, 0.15) is 5.75 Å². The molecule has 0 saturated heterocycles. The molecular formula is C12H15ClF3NO. The summed E-state index contributed by atoms with van der Waals surface area (Å²) in [5.41, 5.74) is 4.98. The molecule has 1 rings (SSSR count). The first-order chi connectivity index (χ1) is 7.90. The van der Waals surface area contributed by atoms with Crippen molar-refractivity contribution in [2.75, 3.05) is 7.11 Å². The number of rotatable bonds is 4. The van der Waals surface area contributed by atoms with Crippen LogP contribution in [-0.2, 0) is 6.18 Å². The maximum absolute atomic E-state index is 12.8. The highest BCUT2D eigenvalue weighted by Crippen LogP contribution is 2.37. The van der Waals surface area contributed by atoms with E-state index in [2.05, 4.69) is 6.58 Å². The van der Waals surface area contributed by atoms with Gasteiger partial charge in [-0.05, 0) is 24.1 Å². The van der Waals surface area contributed by atoms with Crippen molar-refractivity contribution in [1.82, 2.24) is 0 Å². The summed E-state index contributed by atoms with van der Waals surface area (Å²) >= 11 is 0. The standard InChI is InChI=1S/C12H14F3NO.ClH/c1-3-4-11(16)9-6-5-8(17-2)7-10(9)12(13,14)15;/h3,5-7,11H,1,4,16H2,2H3;1H/t11-;/m1./s1. The second-order valence-electron chi connectivity index (χ2n) is 3.58. The van der Waals surface area contributed by atoms with Crippen molar-refractivity contribution < 1.29 is 17.9 Å². The van der Waals surface area contributed by atoms with E-state index >= 15 is 0 Å². The van der Waals surface area contributed by atoms with E-state index in [0.717, 1.165) is 6.07 Å². The molecule has 1 aromatic rings. The molecular weight excluding hydrogens is 267 g/mol. The molecule has 0 fully saturated rings. The van der Waals surface area contributed by atoms with E-state index in [1.165, 1.54) is 25.3 Å². The van der Waals surface area contributed by atoms with Crippen molar-refractivity contribution >= 4 is 12.4 Å². The van der Waals surface area contributed by atoms with E-state index in [0.29, 0.717) is 0 Å². The first-order valence-electron chi connectivity index (χ1n) is 5.01. The Bertz CT molecular complexity index is 407. The number of benzene rings is 1. The Morgan fingerprint density at radius 2 is 2.06 bits per heavy atom. The van der Waals surface area contributed by atoms with Crippen molar-refractivity contribution in [1.29, 1.82) is 0 Å². The van der Waals surface area contributed by atoms with E-state index in [1.807, 2.05) is 0 Å². The molecule has 0 bridgehead atoms. The minimum atomic E-state index is -4.44.